The second-order valence-corrected chi connectivity index (χ2v) is 6.53. The van der Waals surface area contributed by atoms with Crippen LogP contribution in [0.1, 0.15) is 18.1 Å². The molecule has 0 saturated carbocycles. The van der Waals surface area contributed by atoms with Gasteiger partial charge in [0.15, 0.2) is 0 Å². The molecule has 0 saturated heterocycles. The quantitative estimate of drug-likeness (QED) is 0.813. The molecule has 1 heterocycles. The smallest absolute Gasteiger partial charge is 0.277 e. The van der Waals surface area contributed by atoms with Crippen LogP contribution in [0.15, 0.2) is 27.8 Å². The van der Waals surface area contributed by atoms with Crippen LogP contribution < -0.4 is 0 Å². The summed E-state index contributed by atoms with van der Waals surface area (Å²) in [5.41, 5.74) is 3.19. The molecular weight excluding hydrogens is 286 g/mol. The molecule has 2 rings (SSSR count). The van der Waals surface area contributed by atoms with Crippen LogP contribution in [0.5, 0.6) is 0 Å². The lowest BCUT2D eigenvalue weighted by atomic mass is 10.1. The van der Waals surface area contributed by atoms with E-state index in [1.807, 2.05) is 32.9 Å². The topological polar surface area (TPSA) is 59.2 Å². The number of thioether (sulfide) groups is 1. The molecule has 1 unspecified atom stereocenters. The van der Waals surface area contributed by atoms with Crippen LogP contribution in [0.25, 0.3) is 11.5 Å². The van der Waals surface area contributed by atoms with Crippen molar-refractivity contribution in [2.45, 2.75) is 31.2 Å². The number of aromatic nitrogens is 2. The molecule has 0 N–H and O–H groups in total. The summed E-state index contributed by atoms with van der Waals surface area (Å²) in [7, 11) is 3.46. The fourth-order valence-corrected chi connectivity index (χ4v) is 2.87. The molecular formula is C15H19N3O2S. The van der Waals surface area contributed by atoms with E-state index in [9.17, 15) is 4.79 Å². The number of amides is 1. The largest absolute Gasteiger partial charge is 0.411 e. The Morgan fingerprint density at radius 3 is 2.38 bits per heavy atom. The second-order valence-electron chi connectivity index (χ2n) is 5.24. The molecule has 6 heteroatoms. The summed E-state index contributed by atoms with van der Waals surface area (Å²) >= 11 is 1.27. The average molecular weight is 305 g/mol. The number of carbonyl (C=O) groups is 1. The third-order valence-corrected chi connectivity index (χ3v) is 3.86. The number of benzene rings is 1. The van der Waals surface area contributed by atoms with E-state index in [4.69, 9.17) is 4.42 Å². The van der Waals surface area contributed by atoms with Gasteiger partial charge >= 0.3 is 0 Å². The van der Waals surface area contributed by atoms with E-state index in [2.05, 4.69) is 16.3 Å². The van der Waals surface area contributed by atoms with Crippen LogP contribution in [-0.2, 0) is 4.79 Å². The van der Waals surface area contributed by atoms with Crippen LogP contribution >= 0.6 is 11.8 Å². The minimum atomic E-state index is -0.257. The first-order chi connectivity index (χ1) is 9.86. The lowest BCUT2D eigenvalue weighted by Crippen LogP contribution is -2.29. The molecule has 0 aliphatic carbocycles. The van der Waals surface area contributed by atoms with Crippen molar-refractivity contribution in [1.82, 2.24) is 15.1 Å². The van der Waals surface area contributed by atoms with Crippen molar-refractivity contribution in [3.05, 3.63) is 29.3 Å². The zero-order valence-electron chi connectivity index (χ0n) is 12.9. The van der Waals surface area contributed by atoms with Crippen LogP contribution in [0.2, 0.25) is 0 Å². The highest BCUT2D eigenvalue weighted by molar-refractivity contribution is 8.00. The van der Waals surface area contributed by atoms with E-state index >= 15 is 0 Å². The summed E-state index contributed by atoms with van der Waals surface area (Å²) in [5, 5.41) is 8.22. The molecule has 1 aromatic carbocycles. The Kier molecular flexibility index (Phi) is 4.67. The van der Waals surface area contributed by atoms with E-state index in [1.165, 1.54) is 11.8 Å². The summed E-state index contributed by atoms with van der Waals surface area (Å²) < 4.78 is 5.65. The maximum absolute atomic E-state index is 11.8. The van der Waals surface area contributed by atoms with Crippen molar-refractivity contribution in [2.24, 2.45) is 0 Å². The molecule has 0 aliphatic heterocycles. The van der Waals surface area contributed by atoms with Gasteiger partial charge in [0.1, 0.15) is 0 Å². The van der Waals surface area contributed by atoms with Crippen LogP contribution in [0.3, 0.4) is 0 Å². The molecule has 0 fully saturated rings. The van der Waals surface area contributed by atoms with Crippen molar-refractivity contribution in [2.75, 3.05) is 14.1 Å². The van der Waals surface area contributed by atoms with Crippen molar-refractivity contribution in [3.63, 3.8) is 0 Å². The normalized spacial score (nSPS) is 12.2. The maximum Gasteiger partial charge on any atom is 0.277 e. The van der Waals surface area contributed by atoms with Gasteiger partial charge in [0.2, 0.25) is 11.8 Å². The fourth-order valence-electron chi connectivity index (χ4n) is 2.04. The van der Waals surface area contributed by atoms with E-state index in [1.54, 1.807) is 19.0 Å². The molecule has 1 aromatic heterocycles. The van der Waals surface area contributed by atoms with Gasteiger partial charge in [-0.05, 0) is 32.9 Å². The lowest BCUT2D eigenvalue weighted by Gasteiger charge is -2.14. The molecule has 2 aromatic rings. The summed E-state index contributed by atoms with van der Waals surface area (Å²) in [4.78, 5) is 13.4. The van der Waals surface area contributed by atoms with Gasteiger partial charge in [0.25, 0.3) is 5.22 Å². The molecule has 1 atom stereocenters. The minimum absolute atomic E-state index is 0.0196. The summed E-state index contributed by atoms with van der Waals surface area (Å²) in [6, 6.07) is 6.10. The molecule has 112 valence electrons. The number of rotatable bonds is 4. The standard InChI is InChI=1S/C15H19N3O2S/c1-9-6-10(2)8-12(7-9)13-16-17-15(20-13)21-11(3)14(19)18(4)5/h6-8,11H,1-5H3. The first kappa shape index (κ1) is 15.6. The van der Waals surface area contributed by atoms with Gasteiger partial charge in [-0.25, -0.2) is 0 Å². The predicted molar refractivity (Wildman–Crippen MR) is 83.2 cm³/mol. The van der Waals surface area contributed by atoms with Crippen LogP contribution in [-0.4, -0.2) is 40.3 Å². The Balaban J connectivity index is 2.16. The Bertz CT molecular complexity index is 632. The number of aryl methyl sites for hydroxylation is 2. The van der Waals surface area contributed by atoms with Gasteiger partial charge in [-0.2, -0.15) is 0 Å². The number of hydrogen-bond acceptors (Lipinski definition) is 5. The first-order valence-corrected chi connectivity index (χ1v) is 7.55. The average Bonchev–Trinajstić information content (AvgIpc) is 2.85. The predicted octanol–water partition coefficient (Wildman–Crippen LogP) is 2.92. The number of carbonyl (C=O) groups excluding carboxylic acids is 1. The van der Waals surface area contributed by atoms with Crippen molar-refractivity contribution < 1.29 is 9.21 Å². The van der Waals surface area contributed by atoms with E-state index in [-0.39, 0.29) is 11.2 Å². The van der Waals surface area contributed by atoms with E-state index < -0.39 is 0 Å². The third kappa shape index (κ3) is 3.85. The Hall–Kier alpha value is -1.82. The van der Waals surface area contributed by atoms with Gasteiger partial charge in [0, 0.05) is 19.7 Å². The molecule has 0 aliphatic rings. The van der Waals surface area contributed by atoms with Crippen molar-refractivity contribution >= 4 is 17.7 Å². The summed E-state index contributed by atoms with van der Waals surface area (Å²) in [6.07, 6.45) is 0. The highest BCUT2D eigenvalue weighted by Crippen LogP contribution is 2.27. The van der Waals surface area contributed by atoms with Crippen LogP contribution in [0.4, 0.5) is 0 Å². The van der Waals surface area contributed by atoms with Crippen LogP contribution in [0, 0.1) is 13.8 Å². The second kappa shape index (κ2) is 6.30. The first-order valence-electron chi connectivity index (χ1n) is 6.67. The van der Waals surface area contributed by atoms with Gasteiger partial charge in [-0.3, -0.25) is 4.79 Å². The van der Waals surface area contributed by atoms with Gasteiger partial charge in [-0.1, -0.05) is 29.0 Å². The highest BCUT2D eigenvalue weighted by Gasteiger charge is 2.20. The maximum atomic E-state index is 11.8. The van der Waals surface area contributed by atoms with Gasteiger partial charge in [0.05, 0.1) is 5.25 Å². The van der Waals surface area contributed by atoms with E-state index in [0.29, 0.717) is 11.1 Å². The zero-order chi connectivity index (χ0) is 15.6. The molecule has 5 nitrogen and oxygen atoms in total. The third-order valence-electron chi connectivity index (χ3n) is 2.94. The fraction of sp³-hybridized carbons (Fsp3) is 0.400. The SMILES string of the molecule is Cc1cc(C)cc(-c2nnc(SC(C)C(=O)N(C)C)o2)c1. The highest BCUT2D eigenvalue weighted by atomic mass is 32.2. The van der Waals surface area contributed by atoms with Gasteiger partial charge < -0.3 is 9.32 Å². The van der Waals surface area contributed by atoms with Gasteiger partial charge in [-0.15, -0.1) is 10.2 Å². The van der Waals surface area contributed by atoms with Crippen molar-refractivity contribution in [3.8, 4) is 11.5 Å². The number of nitrogens with zero attached hydrogens (tertiary/aromatic N) is 3. The molecule has 21 heavy (non-hydrogen) atoms. The zero-order valence-corrected chi connectivity index (χ0v) is 13.7. The lowest BCUT2D eigenvalue weighted by molar-refractivity contribution is -0.127. The van der Waals surface area contributed by atoms with E-state index in [0.717, 1.165) is 16.7 Å². The summed E-state index contributed by atoms with van der Waals surface area (Å²) in [5.74, 6) is 0.500. The molecule has 0 bridgehead atoms. The minimum Gasteiger partial charge on any atom is -0.411 e. The molecule has 0 radical (unpaired) electrons. The monoisotopic (exact) mass is 305 g/mol. The number of hydrogen-bond donors (Lipinski definition) is 0. The molecule has 0 spiro atoms. The molecule has 1 amide bonds. The Morgan fingerprint density at radius 2 is 1.81 bits per heavy atom. The summed E-state index contributed by atoms with van der Waals surface area (Å²) in [6.45, 7) is 5.88. The Labute approximate surface area is 128 Å². The van der Waals surface area contributed by atoms with Crippen molar-refractivity contribution in [1.29, 1.82) is 0 Å². The Morgan fingerprint density at radius 1 is 1.19 bits per heavy atom.